The third kappa shape index (κ3) is 3.73. The van der Waals surface area contributed by atoms with Crippen molar-refractivity contribution in [3.8, 4) is 0 Å². The summed E-state index contributed by atoms with van der Waals surface area (Å²) in [4.78, 5) is 16.6. The fourth-order valence-electron chi connectivity index (χ4n) is 3.91. The minimum Gasteiger partial charge on any atom is -0.326 e. The van der Waals surface area contributed by atoms with Gasteiger partial charge in [0.15, 0.2) is 5.65 Å². The number of hydrogen-bond donors (Lipinski definition) is 2. The quantitative estimate of drug-likeness (QED) is 0.687. The Kier molecular flexibility index (Phi) is 4.89. The predicted octanol–water partition coefficient (Wildman–Crippen LogP) is 4.91. The maximum absolute atomic E-state index is 12.3. The standard InChI is InChI=1S/C20H21ClN4O/c21-15-5-7-16(8-6-15)24-19(26)11-13-1-3-14(4-2-13)17-9-10-22-20-18(17)12-23-25-20/h5-10,12-14H,1-4,11H2,(H,24,26)(H,22,23,25). The molecule has 2 heterocycles. The average Bonchev–Trinajstić information content (AvgIpc) is 3.13. The van der Waals surface area contributed by atoms with Crippen LogP contribution < -0.4 is 5.32 Å². The van der Waals surface area contributed by atoms with Crippen molar-refractivity contribution in [3.63, 3.8) is 0 Å². The Labute approximate surface area is 157 Å². The van der Waals surface area contributed by atoms with Crippen LogP contribution in [-0.4, -0.2) is 21.1 Å². The Morgan fingerprint density at radius 3 is 2.69 bits per heavy atom. The summed E-state index contributed by atoms with van der Waals surface area (Å²) in [6.45, 7) is 0. The van der Waals surface area contributed by atoms with E-state index in [0.717, 1.165) is 42.4 Å². The third-order valence-corrected chi connectivity index (χ3v) is 5.53. The van der Waals surface area contributed by atoms with E-state index < -0.39 is 0 Å². The van der Waals surface area contributed by atoms with Gasteiger partial charge in [0.05, 0.1) is 6.20 Å². The molecule has 1 saturated carbocycles. The number of rotatable bonds is 4. The number of hydrogen-bond acceptors (Lipinski definition) is 3. The van der Waals surface area contributed by atoms with Gasteiger partial charge in [-0.3, -0.25) is 9.89 Å². The Morgan fingerprint density at radius 1 is 1.15 bits per heavy atom. The van der Waals surface area contributed by atoms with Crippen molar-refractivity contribution in [1.29, 1.82) is 0 Å². The summed E-state index contributed by atoms with van der Waals surface area (Å²) in [7, 11) is 0. The van der Waals surface area contributed by atoms with Gasteiger partial charge < -0.3 is 5.32 Å². The second kappa shape index (κ2) is 7.46. The highest BCUT2D eigenvalue weighted by molar-refractivity contribution is 6.30. The van der Waals surface area contributed by atoms with Gasteiger partial charge in [-0.05, 0) is 73.4 Å². The molecule has 2 aromatic heterocycles. The van der Waals surface area contributed by atoms with Crippen LogP contribution in [0.1, 0.15) is 43.6 Å². The van der Waals surface area contributed by atoms with E-state index in [0.29, 0.717) is 23.3 Å². The molecule has 1 aliphatic rings. The van der Waals surface area contributed by atoms with Crippen molar-refractivity contribution in [1.82, 2.24) is 15.2 Å². The van der Waals surface area contributed by atoms with E-state index in [1.807, 2.05) is 24.5 Å². The summed E-state index contributed by atoms with van der Waals surface area (Å²) < 4.78 is 0. The van der Waals surface area contributed by atoms with Crippen LogP contribution in [-0.2, 0) is 4.79 Å². The third-order valence-electron chi connectivity index (χ3n) is 5.28. The van der Waals surface area contributed by atoms with Crippen molar-refractivity contribution in [2.45, 2.75) is 38.0 Å². The number of amides is 1. The van der Waals surface area contributed by atoms with Crippen LogP contribution in [0, 0.1) is 5.92 Å². The highest BCUT2D eigenvalue weighted by Crippen LogP contribution is 2.39. The number of aromatic nitrogens is 3. The van der Waals surface area contributed by atoms with Crippen LogP contribution in [0.15, 0.2) is 42.7 Å². The monoisotopic (exact) mass is 368 g/mol. The maximum Gasteiger partial charge on any atom is 0.224 e. The Morgan fingerprint density at radius 2 is 1.92 bits per heavy atom. The molecule has 5 nitrogen and oxygen atoms in total. The molecule has 26 heavy (non-hydrogen) atoms. The minimum absolute atomic E-state index is 0.0805. The summed E-state index contributed by atoms with van der Waals surface area (Å²) in [5.74, 6) is 1.05. The van der Waals surface area contributed by atoms with Crippen LogP contribution in [0.4, 0.5) is 5.69 Å². The lowest BCUT2D eigenvalue weighted by Crippen LogP contribution is -2.20. The van der Waals surface area contributed by atoms with E-state index in [1.54, 1.807) is 12.1 Å². The first-order valence-corrected chi connectivity index (χ1v) is 9.40. The summed E-state index contributed by atoms with van der Waals surface area (Å²) in [6.07, 6.45) is 8.63. The van der Waals surface area contributed by atoms with Gasteiger partial charge in [-0.15, -0.1) is 0 Å². The largest absolute Gasteiger partial charge is 0.326 e. The van der Waals surface area contributed by atoms with Crippen LogP contribution >= 0.6 is 11.6 Å². The first kappa shape index (κ1) is 17.0. The van der Waals surface area contributed by atoms with Gasteiger partial charge >= 0.3 is 0 Å². The molecule has 0 saturated heterocycles. The number of H-pyrrole nitrogens is 1. The fraction of sp³-hybridized carbons (Fsp3) is 0.350. The lowest BCUT2D eigenvalue weighted by atomic mass is 9.77. The van der Waals surface area contributed by atoms with Gasteiger partial charge in [0, 0.05) is 28.7 Å². The van der Waals surface area contributed by atoms with Gasteiger partial charge in [0.2, 0.25) is 5.91 Å². The molecule has 0 spiro atoms. The number of carbonyl (C=O) groups excluding carboxylic acids is 1. The number of halogens is 1. The number of anilines is 1. The molecule has 0 aliphatic heterocycles. The highest BCUT2D eigenvalue weighted by atomic mass is 35.5. The zero-order valence-corrected chi connectivity index (χ0v) is 15.2. The number of aromatic amines is 1. The first-order chi connectivity index (χ1) is 12.7. The minimum atomic E-state index is 0.0805. The van der Waals surface area contributed by atoms with Gasteiger partial charge in [-0.2, -0.15) is 5.10 Å². The second-order valence-corrected chi connectivity index (χ2v) is 7.45. The molecular formula is C20H21ClN4O. The molecule has 0 atom stereocenters. The van der Waals surface area contributed by atoms with Crippen LogP contribution in [0.5, 0.6) is 0 Å². The number of pyridine rings is 1. The topological polar surface area (TPSA) is 70.7 Å². The molecule has 1 amide bonds. The zero-order chi connectivity index (χ0) is 17.9. The van der Waals surface area contributed by atoms with E-state index in [2.05, 4.69) is 26.6 Å². The van der Waals surface area contributed by atoms with Gasteiger partial charge in [-0.25, -0.2) is 4.98 Å². The molecule has 0 bridgehead atoms. The van der Waals surface area contributed by atoms with E-state index >= 15 is 0 Å². The number of fused-ring (bicyclic) bond motifs is 1. The second-order valence-electron chi connectivity index (χ2n) is 7.01. The van der Waals surface area contributed by atoms with E-state index in [1.165, 1.54) is 5.56 Å². The average molecular weight is 369 g/mol. The maximum atomic E-state index is 12.3. The van der Waals surface area contributed by atoms with Crippen LogP contribution in [0.25, 0.3) is 11.0 Å². The van der Waals surface area contributed by atoms with Crippen molar-refractivity contribution in [3.05, 3.63) is 53.3 Å². The SMILES string of the molecule is O=C(CC1CCC(c2ccnc3[nH]ncc23)CC1)Nc1ccc(Cl)cc1. The smallest absolute Gasteiger partial charge is 0.224 e. The number of nitrogens with zero attached hydrogens (tertiary/aromatic N) is 2. The summed E-state index contributed by atoms with van der Waals surface area (Å²) in [6, 6.07) is 9.34. The molecule has 6 heteroatoms. The van der Waals surface area contributed by atoms with E-state index in [-0.39, 0.29) is 5.91 Å². The van der Waals surface area contributed by atoms with E-state index in [9.17, 15) is 4.79 Å². The van der Waals surface area contributed by atoms with Gasteiger partial charge in [-0.1, -0.05) is 11.6 Å². The fourth-order valence-corrected chi connectivity index (χ4v) is 4.04. The molecule has 4 rings (SSSR count). The molecular weight excluding hydrogens is 348 g/mol. The molecule has 0 radical (unpaired) electrons. The van der Waals surface area contributed by atoms with Crippen molar-refractivity contribution < 1.29 is 4.79 Å². The predicted molar refractivity (Wildman–Crippen MR) is 103 cm³/mol. The molecule has 2 N–H and O–H groups in total. The van der Waals surface area contributed by atoms with Crippen LogP contribution in [0.3, 0.4) is 0 Å². The lowest BCUT2D eigenvalue weighted by molar-refractivity contribution is -0.117. The molecule has 3 aromatic rings. The Bertz CT molecular complexity index is 898. The van der Waals surface area contributed by atoms with Gasteiger partial charge in [0.1, 0.15) is 0 Å². The Balaban J connectivity index is 1.33. The van der Waals surface area contributed by atoms with Crippen molar-refractivity contribution >= 4 is 34.2 Å². The highest BCUT2D eigenvalue weighted by Gasteiger charge is 2.25. The summed E-state index contributed by atoms with van der Waals surface area (Å²) >= 11 is 5.87. The molecule has 1 aromatic carbocycles. The molecule has 134 valence electrons. The van der Waals surface area contributed by atoms with Crippen LogP contribution in [0.2, 0.25) is 5.02 Å². The molecule has 1 fully saturated rings. The molecule has 0 unspecified atom stereocenters. The normalized spacial score (nSPS) is 20.2. The molecule has 1 aliphatic carbocycles. The van der Waals surface area contributed by atoms with Gasteiger partial charge in [0.25, 0.3) is 0 Å². The summed E-state index contributed by atoms with van der Waals surface area (Å²) in [5, 5.41) is 11.8. The lowest BCUT2D eigenvalue weighted by Gasteiger charge is -2.28. The summed E-state index contributed by atoms with van der Waals surface area (Å²) in [5.41, 5.74) is 2.98. The number of nitrogens with one attached hydrogen (secondary N) is 2. The Hall–Kier alpha value is -2.40. The first-order valence-electron chi connectivity index (χ1n) is 9.02. The zero-order valence-electron chi connectivity index (χ0n) is 14.4. The number of benzene rings is 1. The van der Waals surface area contributed by atoms with Crippen molar-refractivity contribution in [2.75, 3.05) is 5.32 Å². The van der Waals surface area contributed by atoms with E-state index in [4.69, 9.17) is 11.6 Å². The number of carbonyl (C=O) groups is 1. The van der Waals surface area contributed by atoms with Crippen molar-refractivity contribution in [2.24, 2.45) is 5.92 Å².